The molecule has 0 bridgehead atoms. The van der Waals surface area contributed by atoms with Crippen LogP contribution in [0.3, 0.4) is 0 Å². The molecule has 0 unspecified atom stereocenters. The van der Waals surface area contributed by atoms with Crippen molar-refractivity contribution < 1.29 is 14.4 Å². The number of aromatic hydroxyl groups is 1. The van der Waals surface area contributed by atoms with Crippen LogP contribution in [0.1, 0.15) is 16.7 Å². The number of aromatic nitrogens is 1. The number of hydrogen-bond donors (Lipinski definition) is 1. The molecule has 4 rings (SSSR count). The van der Waals surface area contributed by atoms with Crippen LogP contribution in [-0.2, 0) is 0 Å². The molecule has 0 fully saturated rings. The summed E-state index contributed by atoms with van der Waals surface area (Å²) in [7, 11) is 0. The number of fused-ring (bicyclic) bond motifs is 1. The van der Waals surface area contributed by atoms with Crippen molar-refractivity contribution in [2.75, 3.05) is 0 Å². The van der Waals surface area contributed by atoms with Crippen LogP contribution in [0.4, 0.5) is 11.4 Å². The Kier molecular flexibility index (Phi) is 4.97. The largest absolute Gasteiger partial charge is 0.502 e. The Hall–Kier alpha value is -3.71. The van der Waals surface area contributed by atoms with Crippen molar-refractivity contribution in [1.82, 2.24) is 4.98 Å². The zero-order valence-corrected chi connectivity index (χ0v) is 16.8. The third-order valence-corrected chi connectivity index (χ3v) is 4.84. The van der Waals surface area contributed by atoms with E-state index in [0.717, 1.165) is 28.3 Å². The van der Waals surface area contributed by atoms with E-state index in [1.54, 1.807) is 6.07 Å². The first kappa shape index (κ1) is 19.6. The number of phenols is 1. The molecular formula is C22H16ClN3O4. The van der Waals surface area contributed by atoms with Crippen molar-refractivity contribution in [2.24, 2.45) is 4.99 Å². The highest BCUT2D eigenvalue weighted by atomic mass is 35.5. The number of rotatable bonds is 4. The fraction of sp³-hybridized carbons (Fsp3) is 0.0909. The molecule has 4 aromatic rings. The van der Waals surface area contributed by atoms with Gasteiger partial charge in [-0.25, -0.2) is 4.98 Å². The minimum atomic E-state index is -0.695. The summed E-state index contributed by atoms with van der Waals surface area (Å²) in [5, 5.41) is 21.4. The van der Waals surface area contributed by atoms with E-state index < -0.39 is 16.4 Å². The van der Waals surface area contributed by atoms with E-state index in [4.69, 9.17) is 16.0 Å². The van der Waals surface area contributed by atoms with Crippen molar-refractivity contribution in [3.05, 3.63) is 80.4 Å². The van der Waals surface area contributed by atoms with Crippen LogP contribution in [0, 0.1) is 24.0 Å². The van der Waals surface area contributed by atoms with Crippen LogP contribution in [0.5, 0.6) is 5.75 Å². The molecule has 0 amide bonds. The van der Waals surface area contributed by atoms with Crippen molar-refractivity contribution in [3.8, 4) is 17.2 Å². The molecule has 1 aromatic heterocycles. The van der Waals surface area contributed by atoms with Gasteiger partial charge in [-0.3, -0.25) is 15.1 Å². The molecule has 30 heavy (non-hydrogen) atoms. The topological polar surface area (TPSA) is 102 Å². The lowest BCUT2D eigenvalue weighted by Gasteiger charge is -2.04. The van der Waals surface area contributed by atoms with Gasteiger partial charge in [0.05, 0.1) is 10.6 Å². The second kappa shape index (κ2) is 7.61. The number of aliphatic imine (C=N–C) groups is 1. The summed E-state index contributed by atoms with van der Waals surface area (Å²) in [6.07, 6.45) is 1.34. The lowest BCUT2D eigenvalue weighted by molar-refractivity contribution is -0.385. The average Bonchev–Trinajstić information content (AvgIpc) is 3.12. The van der Waals surface area contributed by atoms with Gasteiger partial charge in [-0.1, -0.05) is 23.7 Å². The van der Waals surface area contributed by atoms with Gasteiger partial charge in [0.1, 0.15) is 5.52 Å². The highest BCUT2D eigenvalue weighted by molar-refractivity contribution is 6.31. The van der Waals surface area contributed by atoms with Crippen molar-refractivity contribution in [3.63, 3.8) is 0 Å². The van der Waals surface area contributed by atoms with E-state index in [0.29, 0.717) is 17.2 Å². The smallest absolute Gasteiger partial charge is 0.312 e. The zero-order valence-electron chi connectivity index (χ0n) is 16.1. The van der Waals surface area contributed by atoms with Crippen molar-refractivity contribution >= 4 is 40.3 Å². The number of benzene rings is 3. The summed E-state index contributed by atoms with van der Waals surface area (Å²) in [6.45, 7) is 3.87. The normalized spacial score (nSPS) is 11.4. The summed E-state index contributed by atoms with van der Waals surface area (Å²) in [4.78, 5) is 19.3. The fourth-order valence-electron chi connectivity index (χ4n) is 3.02. The highest BCUT2D eigenvalue weighted by Crippen LogP contribution is 2.33. The molecule has 0 aliphatic heterocycles. The molecule has 0 aliphatic rings. The minimum absolute atomic E-state index is 0.133. The zero-order chi connectivity index (χ0) is 21.4. The van der Waals surface area contributed by atoms with Crippen LogP contribution < -0.4 is 0 Å². The number of nitro benzene ring substituents is 1. The van der Waals surface area contributed by atoms with E-state index in [2.05, 4.69) is 9.98 Å². The molecule has 0 spiro atoms. The Morgan fingerprint density at radius 2 is 1.97 bits per heavy atom. The Bertz CT molecular complexity index is 1330. The van der Waals surface area contributed by atoms with Gasteiger partial charge in [0.15, 0.2) is 5.58 Å². The van der Waals surface area contributed by atoms with E-state index >= 15 is 0 Å². The van der Waals surface area contributed by atoms with E-state index in [1.165, 1.54) is 12.3 Å². The van der Waals surface area contributed by atoms with E-state index in [-0.39, 0.29) is 10.6 Å². The van der Waals surface area contributed by atoms with Gasteiger partial charge in [0.2, 0.25) is 11.6 Å². The molecule has 8 heteroatoms. The Morgan fingerprint density at radius 3 is 2.73 bits per heavy atom. The predicted octanol–water partition coefficient (Wildman–Crippen LogP) is 6.13. The van der Waals surface area contributed by atoms with Gasteiger partial charge in [-0.05, 0) is 55.3 Å². The third kappa shape index (κ3) is 3.75. The first-order valence-corrected chi connectivity index (χ1v) is 9.39. The van der Waals surface area contributed by atoms with Crippen LogP contribution in [0.25, 0.3) is 22.6 Å². The summed E-state index contributed by atoms with van der Waals surface area (Å²) in [5.74, 6) is -0.0235. The molecule has 1 heterocycles. The molecule has 0 atom stereocenters. The van der Waals surface area contributed by atoms with Gasteiger partial charge < -0.3 is 9.52 Å². The summed E-state index contributed by atoms with van der Waals surface area (Å²) in [5.41, 5.74) is 4.44. The first-order chi connectivity index (χ1) is 14.3. The van der Waals surface area contributed by atoms with Crippen LogP contribution in [0.2, 0.25) is 5.02 Å². The lowest BCUT2D eigenvalue weighted by Crippen LogP contribution is -1.92. The molecule has 150 valence electrons. The number of nitro groups is 1. The van der Waals surface area contributed by atoms with Crippen molar-refractivity contribution in [2.45, 2.75) is 13.8 Å². The Labute approximate surface area is 176 Å². The van der Waals surface area contributed by atoms with Crippen LogP contribution in [0.15, 0.2) is 57.9 Å². The maximum absolute atomic E-state index is 11.1. The number of phenolic OH excluding ortho intramolecular Hbond substituents is 1. The SMILES string of the molecule is Cc1ccc2oc(-c3ccc(C)c(N=Cc4cc(Cl)cc([N+](=O)[O-])c4O)c3)nc2c1. The monoisotopic (exact) mass is 421 g/mol. The Balaban J connectivity index is 1.73. The van der Waals surface area contributed by atoms with Gasteiger partial charge in [0.25, 0.3) is 0 Å². The van der Waals surface area contributed by atoms with Gasteiger partial charge >= 0.3 is 5.69 Å². The van der Waals surface area contributed by atoms with E-state index in [1.807, 2.05) is 44.2 Å². The summed E-state index contributed by atoms with van der Waals surface area (Å²) >= 11 is 5.94. The molecule has 3 aromatic carbocycles. The van der Waals surface area contributed by atoms with Crippen LogP contribution in [-0.4, -0.2) is 21.2 Å². The molecular weight excluding hydrogens is 406 g/mol. The summed E-state index contributed by atoms with van der Waals surface area (Å²) in [6, 6.07) is 13.9. The number of halogens is 1. The third-order valence-electron chi connectivity index (χ3n) is 4.62. The Morgan fingerprint density at radius 1 is 1.17 bits per heavy atom. The minimum Gasteiger partial charge on any atom is -0.502 e. The summed E-state index contributed by atoms with van der Waals surface area (Å²) < 4.78 is 5.85. The number of aryl methyl sites for hydroxylation is 2. The van der Waals surface area contributed by atoms with Gasteiger partial charge in [-0.2, -0.15) is 0 Å². The molecule has 0 saturated heterocycles. The maximum Gasteiger partial charge on any atom is 0.312 e. The molecule has 7 nitrogen and oxygen atoms in total. The molecule has 1 N–H and O–H groups in total. The highest BCUT2D eigenvalue weighted by Gasteiger charge is 2.18. The fourth-order valence-corrected chi connectivity index (χ4v) is 3.25. The van der Waals surface area contributed by atoms with E-state index in [9.17, 15) is 15.2 Å². The molecule has 0 aliphatic carbocycles. The first-order valence-electron chi connectivity index (χ1n) is 9.01. The maximum atomic E-state index is 11.1. The lowest BCUT2D eigenvalue weighted by atomic mass is 10.1. The predicted molar refractivity (Wildman–Crippen MR) is 116 cm³/mol. The second-order valence-electron chi connectivity index (χ2n) is 6.87. The standard InChI is InChI=1S/C22H16ClN3O4/c1-12-3-6-20-18(7-12)25-22(30-20)14-5-4-13(2)17(9-14)24-11-15-8-16(23)10-19(21(15)27)26(28)29/h3-11,27H,1-2H3. The number of nitrogens with zero attached hydrogens (tertiary/aromatic N) is 3. The van der Waals surface area contributed by atoms with Crippen molar-refractivity contribution in [1.29, 1.82) is 0 Å². The molecule has 0 radical (unpaired) electrons. The van der Waals surface area contributed by atoms with Gasteiger partial charge in [-0.15, -0.1) is 0 Å². The van der Waals surface area contributed by atoms with Gasteiger partial charge in [0, 0.05) is 28.4 Å². The molecule has 0 saturated carbocycles. The number of hydrogen-bond acceptors (Lipinski definition) is 6. The average molecular weight is 422 g/mol. The number of oxazole rings is 1. The van der Waals surface area contributed by atoms with Crippen LogP contribution >= 0.6 is 11.6 Å². The second-order valence-corrected chi connectivity index (χ2v) is 7.31. The quantitative estimate of drug-likeness (QED) is 0.242.